The van der Waals surface area contributed by atoms with Gasteiger partial charge in [0.15, 0.2) is 17.3 Å². The number of amides is 1. The summed E-state index contributed by atoms with van der Waals surface area (Å²) in [6.45, 7) is 4.36. The van der Waals surface area contributed by atoms with Gasteiger partial charge in [0.05, 0.1) is 44.0 Å². The summed E-state index contributed by atoms with van der Waals surface area (Å²) in [4.78, 5) is 31.1. The molecule has 2 atom stereocenters. The standard InChI is InChI=1S/C37H37F2IN2O7/c1-22(38)27-17-24(7-11-29(27)39)34-35-28(37(2,40)13-14-49-35)19-30(42-34)31(43)20-41-36(44)25-8-12-32(33(18-25)46-4)48-16-15-47-21-23-5-9-26(45-3)10-6-23/h5-12,17-19,22H,13-16,20-21H2,1-4H3,(H,41,44). The Morgan fingerprint density at radius 1 is 1.02 bits per heavy atom. The van der Waals surface area contributed by atoms with E-state index < -0.39 is 23.7 Å². The quantitative estimate of drug-likeness (QED) is 0.0605. The van der Waals surface area contributed by atoms with Gasteiger partial charge in [-0.25, -0.2) is 13.8 Å². The maximum atomic E-state index is 14.3. The summed E-state index contributed by atoms with van der Waals surface area (Å²) < 4.78 is 56.2. The molecule has 258 valence electrons. The fourth-order valence-electron chi connectivity index (χ4n) is 5.28. The van der Waals surface area contributed by atoms with Crippen LogP contribution in [0, 0.1) is 5.82 Å². The van der Waals surface area contributed by atoms with Crippen molar-refractivity contribution in [3.63, 3.8) is 0 Å². The van der Waals surface area contributed by atoms with E-state index in [2.05, 4.69) is 32.9 Å². The normalized spacial score (nSPS) is 15.8. The van der Waals surface area contributed by atoms with Crippen LogP contribution in [0.2, 0.25) is 0 Å². The lowest BCUT2D eigenvalue weighted by atomic mass is 9.91. The number of nitrogens with one attached hydrogen (secondary N) is 1. The summed E-state index contributed by atoms with van der Waals surface area (Å²) in [5, 5.41) is 2.66. The number of carbonyl (C=O) groups excluding carboxylic acids is 2. The zero-order valence-electron chi connectivity index (χ0n) is 27.6. The molecule has 2 heterocycles. The van der Waals surface area contributed by atoms with E-state index in [1.807, 2.05) is 31.2 Å². The number of pyridine rings is 1. The number of carbonyl (C=O) groups is 2. The Balaban J connectivity index is 1.24. The van der Waals surface area contributed by atoms with Crippen molar-refractivity contribution in [3.05, 3.63) is 100 Å². The van der Waals surface area contributed by atoms with Crippen molar-refractivity contribution in [1.82, 2.24) is 10.3 Å². The van der Waals surface area contributed by atoms with Gasteiger partial charge in [-0.2, -0.15) is 0 Å². The van der Waals surface area contributed by atoms with Crippen LogP contribution in [-0.2, 0) is 14.8 Å². The number of nitrogens with zero attached hydrogens (tertiary/aromatic N) is 1. The molecule has 0 spiro atoms. The number of benzene rings is 3. The molecule has 9 nitrogen and oxygen atoms in total. The molecule has 1 aromatic heterocycles. The smallest absolute Gasteiger partial charge is 0.251 e. The Kier molecular flexibility index (Phi) is 11.7. The molecule has 0 saturated heterocycles. The molecule has 12 heteroatoms. The number of methoxy groups -OCH3 is 2. The van der Waals surface area contributed by atoms with Crippen molar-refractivity contribution in [2.24, 2.45) is 0 Å². The van der Waals surface area contributed by atoms with Crippen molar-refractivity contribution < 1.29 is 42.1 Å². The summed E-state index contributed by atoms with van der Waals surface area (Å²) in [7, 11) is 3.08. The van der Waals surface area contributed by atoms with Crippen molar-refractivity contribution in [3.8, 4) is 34.3 Å². The Labute approximate surface area is 297 Å². The first-order valence-corrected chi connectivity index (χ1v) is 16.7. The lowest BCUT2D eigenvalue weighted by Crippen LogP contribution is -2.31. The number of halogens is 3. The zero-order valence-corrected chi connectivity index (χ0v) is 29.8. The molecule has 1 amide bonds. The fraction of sp³-hybridized carbons (Fsp3) is 0.324. The number of fused-ring (bicyclic) bond motifs is 1. The van der Waals surface area contributed by atoms with Crippen LogP contribution in [0.25, 0.3) is 11.3 Å². The molecule has 0 bridgehead atoms. The topological polar surface area (TPSA) is 105 Å². The molecule has 0 aliphatic carbocycles. The minimum atomic E-state index is -1.55. The maximum Gasteiger partial charge on any atom is 0.251 e. The third kappa shape index (κ3) is 8.66. The highest BCUT2D eigenvalue weighted by atomic mass is 127. The molecule has 5 rings (SSSR count). The summed E-state index contributed by atoms with van der Waals surface area (Å²) in [6, 6.07) is 18.0. The van der Waals surface area contributed by atoms with Gasteiger partial charge in [0.25, 0.3) is 5.91 Å². The van der Waals surface area contributed by atoms with Gasteiger partial charge in [-0.15, -0.1) is 0 Å². The molecule has 0 radical (unpaired) electrons. The average Bonchev–Trinajstić information content (AvgIpc) is 3.10. The summed E-state index contributed by atoms with van der Waals surface area (Å²) >= 11 is 2.31. The molecular weight excluding hydrogens is 749 g/mol. The predicted molar refractivity (Wildman–Crippen MR) is 188 cm³/mol. The minimum Gasteiger partial charge on any atom is -0.497 e. The SMILES string of the molecule is COc1ccc(COCCOc2ccc(C(=O)NCC(=O)c3cc4c(c(-c5ccc(F)c(C(C)F)c5)n3)OCCC4(C)I)cc2OC)cc1. The van der Waals surface area contributed by atoms with Gasteiger partial charge in [0, 0.05) is 22.3 Å². The molecule has 1 N–H and O–H groups in total. The van der Waals surface area contributed by atoms with E-state index in [0.29, 0.717) is 54.7 Å². The first kappa shape index (κ1) is 36.0. The largest absolute Gasteiger partial charge is 0.497 e. The number of hydrogen-bond donors (Lipinski definition) is 1. The third-order valence-electron chi connectivity index (χ3n) is 8.08. The van der Waals surface area contributed by atoms with Crippen molar-refractivity contribution >= 4 is 34.3 Å². The van der Waals surface area contributed by atoms with Crippen LogP contribution in [0.5, 0.6) is 23.0 Å². The molecule has 49 heavy (non-hydrogen) atoms. The van der Waals surface area contributed by atoms with Crippen molar-refractivity contribution in [2.75, 3.05) is 40.6 Å². The predicted octanol–water partition coefficient (Wildman–Crippen LogP) is 7.58. The van der Waals surface area contributed by atoms with E-state index in [1.165, 1.54) is 38.3 Å². The maximum absolute atomic E-state index is 14.3. The van der Waals surface area contributed by atoms with Crippen LogP contribution in [0.1, 0.15) is 64.0 Å². The highest BCUT2D eigenvalue weighted by molar-refractivity contribution is 14.1. The number of ketones is 1. The van der Waals surface area contributed by atoms with Gasteiger partial charge >= 0.3 is 0 Å². The van der Waals surface area contributed by atoms with Crippen LogP contribution in [-0.4, -0.2) is 57.3 Å². The van der Waals surface area contributed by atoms with Gasteiger partial charge in [-0.1, -0.05) is 34.7 Å². The van der Waals surface area contributed by atoms with Crippen LogP contribution < -0.4 is 24.3 Å². The number of rotatable bonds is 14. The molecule has 0 fully saturated rings. The lowest BCUT2D eigenvalue weighted by Gasteiger charge is -2.32. The first-order chi connectivity index (χ1) is 23.5. The van der Waals surface area contributed by atoms with Gasteiger partial charge in [-0.3, -0.25) is 9.59 Å². The Hall–Kier alpha value is -4.30. The van der Waals surface area contributed by atoms with E-state index >= 15 is 0 Å². The molecular formula is C37H37F2IN2O7. The minimum absolute atomic E-state index is 0.0946. The lowest BCUT2D eigenvalue weighted by molar-refractivity contribution is 0.0877. The van der Waals surface area contributed by atoms with E-state index in [0.717, 1.165) is 16.9 Å². The Bertz CT molecular complexity index is 1820. The van der Waals surface area contributed by atoms with E-state index in [4.69, 9.17) is 23.7 Å². The Morgan fingerprint density at radius 3 is 2.51 bits per heavy atom. The van der Waals surface area contributed by atoms with E-state index in [9.17, 15) is 18.4 Å². The van der Waals surface area contributed by atoms with Crippen LogP contribution in [0.3, 0.4) is 0 Å². The molecule has 4 aromatic rings. The van der Waals surface area contributed by atoms with Crippen LogP contribution in [0.4, 0.5) is 8.78 Å². The molecule has 3 aromatic carbocycles. The number of alkyl halides is 2. The van der Waals surface area contributed by atoms with Gasteiger partial charge in [0.1, 0.15) is 41.5 Å². The summed E-state index contributed by atoms with van der Waals surface area (Å²) in [5.41, 5.74) is 2.71. The van der Waals surface area contributed by atoms with Gasteiger partial charge < -0.3 is 29.0 Å². The van der Waals surface area contributed by atoms with Gasteiger partial charge in [-0.05, 0) is 80.4 Å². The number of aromatic nitrogens is 1. The van der Waals surface area contributed by atoms with Crippen molar-refractivity contribution in [1.29, 1.82) is 0 Å². The van der Waals surface area contributed by atoms with E-state index in [1.54, 1.807) is 25.3 Å². The van der Waals surface area contributed by atoms with E-state index in [-0.39, 0.29) is 33.4 Å². The summed E-state index contributed by atoms with van der Waals surface area (Å²) in [5.74, 6) is 0.399. The summed E-state index contributed by atoms with van der Waals surface area (Å²) in [6.07, 6.45) is -0.862. The first-order valence-electron chi connectivity index (χ1n) is 15.6. The average molecular weight is 787 g/mol. The second-order valence-corrected chi connectivity index (χ2v) is 14.0. The third-order valence-corrected chi connectivity index (χ3v) is 9.21. The Morgan fingerprint density at radius 2 is 1.80 bits per heavy atom. The zero-order chi connectivity index (χ0) is 35.1. The van der Waals surface area contributed by atoms with Crippen LogP contribution in [0.15, 0.2) is 66.7 Å². The number of ether oxygens (including phenoxy) is 5. The molecule has 1 aliphatic heterocycles. The molecule has 1 aliphatic rings. The van der Waals surface area contributed by atoms with Crippen molar-refractivity contribution in [2.45, 2.75) is 36.5 Å². The highest BCUT2D eigenvalue weighted by Crippen LogP contribution is 2.47. The second-order valence-electron chi connectivity index (χ2n) is 11.6. The monoisotopic (exact) mass is 786 g/mol. The van der Waals surface area contributed by atoms with Crippen LogP contribution >= 0.6 is 22.6 Å². The number of Topliss-reactive ketones (excluding diaryl/α,β-unsaturated/α-hetero) is 1. The number of hydrogen-bond acceptors (Lipinski definition) is 8. The molecule has 0 saturated carbocycles. The molecule has 2 unspecified atom stereocenters. The second kappa shape index (κ2) is 15.9. The van der Waals surface area contributed by atoms with Gasteiger partial charge in [0.2, 0.25) is 0 Å². The fourth-order valence-corrected chi connectivity index (χ4v) is 5.90. The highest BCUT2D eigenvalue weighted by Gasteiger charge is 2.34.